The Morgan fingerprint density at radius 1 is 1.46 bits per heavy atom. The van der Waals surface area contributed by atoms with Crippen LogP contribution in [0, 0.1) is 0 Å². The molecule has 3 rings (SSSR count). The molecule has 0 radical (unpaired) electrons. The molecule has 0 spiro atoms. The van der Waals surface area contributed by atoms with Crippen LogP contribution < -0.4 is 0 Å². The molecule has 5 nitrogen and oxygen atoms in total. The number of hydrogen-bond acceptors (Lipinski definition) is 5. The SMILES string of the molecule is CCc1csc(C(=O)N2CC(C=O)N(O)C2c2cccc(Br)c2)c1. The third-order valence-electron chi connectivity index (χ3n) is 4.11. The maximum absolute atomic E-state index is 12.9. The molecule has 1 saturated heterocycles. The van der Waals surface area contributed by atoms with E-state index >= 15 is 0 Å². The summed E-state index contributed by atoms with van der Waals surface area (Å²) in [7, 11) is 0. The first-order chi connectivity index (χ1) is 11.5. The van der Waals surface area contributed by atoms with Gasteiger partial charge in [0, 0.05) is 11.0 Å². The maximum Gasteiger partial charge on any atom is 0.265 e. The molecular formula is C17H17BrN2O3S. The summed E-state index contributed by atoms with van der Waals surface area (Å²) >= 11 is 4.80. The van der Waals surface area contributed by atoms with E-state index in [1.807, 2.05) is 42.6 Å². The second-order valence-corrected chi connectivity index (χ2v) is 7.47. The highest BCUT2D eigenvalue weighted by Crippen LogP contribution is 2.34. The molecule has 1 fully saturated rings. The molecule has 1 N–H and O–H groups in total. The summed E-state index contributed by atoms with van der Waals surface area (Å²) in [6, 6.07) is 8.52. The van der Waals surface area contributed by atoms with Crippen molar-refractivity contribution in [3.63, 3.8) is 0 Å². The van der Waals surface area contributed by atoms with Gasteiger partial charge in [-0.25, -0.2) is 0 Å². The number of rotatable bonds is 4. The number of hydroxylamine groups is 2. The van der Waals surface area contributed by atoms with E-state index in [1.165, 1.54) is 11.3 Å². The Morgan fingerprint density at radius 2 is 2.25 bits per heavy atom. The van der Waals surface area contributed by atoms with Crippen molar-refractivity contribution in [1.82, 2.24) is 9.96 Å². The van der Waals surface area contributed by atoms with Crippen molar-refractivity contribution in [2.75, 3.05) is 6.54 Å². The summed E-state index contributed by atoms with van der Waals surface area (Å²) in [4.78, 5) is 26.4. The van der Waals surface area contributed by atoms with Crippen LogP contribution in [0.5, 0.6) is 0 Å². The van der Waals surface area contributed by atoms with Gasteiger partial charge in [0.25, 0.3) is 5.91 Å². The Morgan fingerprint density at radius 3 is 2.88 bits per heavy atom. The quantitative estimate of drug-likeness (QED) is 0.786. The molecule has 1 aromatic carbocycles. The van der Waals surface area contributed by atoms with Crippen molar-refractivity contribution >= 4 is 39.5 Å². The van der Waals surface area contributed by atoms with Gasteiger partial charge in [0.05, 0.1) is 4.88 Å². The molecule has 0 bridgehead atoms. The van der Waals surface area contributed by atoms with Gasteiger partial charge in [-0.1, -0.05) is 35.0 Å². The van der Waals surface area contributed by atoms with E-state index in [-0.39, 0.29) is 12.5 Å². The van der Waals surface area contributed by atoms with Crippen molar-refractivity contribution in [2.45, 2.75) is 25.6 Å². The predicted molar refractivity (Wildman–Crippen MR) is 95.1 cm³/mol. The minimum absolute atomic E-state index is 0.162. The highest BCUT2D eigenvalue weighted by atomic mass is 79.9. The molecule has 1 amide bonds. The summed E-state index contributed by atoms with van der Waals surface area (Å²) in [6.07, 6.45) is 0.851. The van der Waals surface area contributed by atoms with Crippen LogP contribution in [0.3, 0.4) is 0 Å². The maximum atomic E-state index is 12.9. The molecule has 2 unspecified atom stereocenters. The predicted octanol–water partition coefficient (Wildman–Crippen LogP) is 3.49. The van der Waals surface area contributed by atoms with Crippen molar-refractivity contribution in [2.24, 2.45) is 0 Å². The summed E-state index contributed by atoms with van der Waals surface area (Å²) in [6.45, 7) is 2.20. The molecule has 0 saturated carbocycles. The molecule has 1 aliphatic heterocycles. The Balaban J connectivity index is 1.96. The highest BCUT2D eigenvalue weighted by molar-refractivity contribution is 9.10. The van der Waals surface area contributed by atoms with E-state index in [0.29, 0.717) is 11.2 Å². The molecule has 24 heavy (non-hydrogen) atoms. The lowest BCUT2D eigenvalue weighted by Crippen LogP contribution is -2.34. The topological polar surface area (TPSA) is 60.9 Å². The number of carbonyl (C=O) groups excluding carboxylic acids is 2. The zero-order valence-corrected chi connectivity index (χ0v) is 15.5. The molecule has 0 aliphatic carbocycles. The van der Waals surface area contributed by atoms with Gasteiger partial charge < -0.3 is 14.9 Å². The third-order valence-corrected chi connectivity index (χ3v) is 5.57. The Labute approximate surface area is 152 Å². The zero-order valence-electron chi connectivity index (χ0n) is 13.1. The Kier molecular flexibility index (Phi) is 5.15. The van der Waals surface area contributed by atoms with Crippen molar-refractivity contribution < 1.29 is 14.8 Å². The van der Waals surface area contributed by atoms with Crippen LogP contribution in [0.15, 0.2) is 40.2 Å². The number of hydrogen-bond donors (Lipinski definition) is 1. The van der Waals surface area contributed by atoms with Crippen molar-refractivity contribution in [1.29, 1.82) is 0 Å². The minimum atomic E-state index is -0.733. The monoisotopic (exact) mass is 408 g/mol. The van der Waals surface area contributed by atoms with E-state index < -0.39 is 12.2 Å². The molecule has 2 atom stereocenters. The second-order valence-electron chi connectivity index (χ2n) is 5.64. The smallest absolute Gasteiger partial charge is 0.265 e. The first kappa shape index (κ1) is 17.3. The number of nitrogens with zero attached hydrogens (tertiary/aromatic N) is 2. The van der Waals surface area contributed by atoms with Crippen LogP contribution in [0.2, 0.25) is 0 Å². The number of aldehydes is 1. The largest absolute Gasteiger partial charge is 0.314 e. The minimum Gasteiger partial charge on any atom is -0.314 e. The average molecular weight is 409 g/mol. The average Bonchev–Trinajstić information content (AvgIpc) is 3.18. The van der Waals surface area contributed by atoms with Gasteiger partial charge in [0.15, 0.2) is 0 Å². The summed E-state index contributed by atoms with van der Waals surface area (Å²) < 4.78 is 0.847. The fraction of sp³-hybridized carbons (Fsp3) is 0.294. The number of aryl methyl sites for hydroxylation is 1. The van der Waals surface area contributed by atoms with Gasteiger partial charge >= 0.3 is 0 Å². The normalized spacial score (nSPS) is 21.2. The highest BCUT2D eigenvalue weighted by Gasteiger charge is 2.42. The van der Waals surface area contributed by atoms with Gasteiger partial charge in [0.2, 0.25) is 0 Å². The van der Waals surface area contributed by atoms with Crippen LogP contribution in [0.4, 0.5) is 0 Å². The van der Waals surface area contributed by atoms with E-state index in [4.69, 9.17) is 0 Å². The standard InChI is InChI=1S/C17H17BrN2O3S/c1-2-11-6-15(24-10-11)17(22)19-8-14(9-21)20(23)16(19)12-4-3-5-13(18)7-12/h3-7,9-10,14,16,23H,2,8H2,1H3. The van der Waals surface area contributed by atoms with Crippen LogP contribution in [0.25, 0.3) is 0 Å². The van der Waals surface area contributed by atoms with E-state index in [0.717, 1.165) is 27.1 Å². The number of thiophene rings is 1. The first-order valence-electron chi connectivity index (χ1n) is 7.61. The van der Waals surface area contributed by atoms with E-state index in [2.05, 4.69) is 15.9 Å². The number of amides is 1. The van der Waals surface area contributed by atoms with Gasteiger partial charge in [-0.15, -0.1) is 11.3 Å². The van der Waals surface area contributed by atoms with Gasteiger partial charge in [-0.2, -0.15) is 5.06 Å². The van der Waals surface area contributed by atoms with Crippen LogP contribution >= 0.6 is 27.3 Å². The Bertz CT molecular complexity index is 764. The lowest BCUT2D eigenvalue weighted by atomic mass is 10.1. The van der Waals surface area contributed by atoms with Crippen LogP contribution in [0.1, 0.15) is 33.9 Å². The molecule has 1 aliphatic rings. The van der Waals surface area contributed by atoms with E-state index in [9.17, 15) is 14.8 Å². The molecule has 1 aromatic heterocycles. The third kappa shape index (κ3) is 3.17. The van der Waals surface area contributed by atoms with E-state index in [1.54, 1.807) is 4.90 Å². The van der Waals surface area contributed by atoms with Crippen molar-refractivity contribution in [3.05, 3.63) is 56.2 Å². The van der Waals surface area contributed by atoms with Crippen molar-refractivity contribution in [3.8, 4) is 0 Å². The fourth-order valence-electron chi connectivity index (χ4n) is 2.82. The molecule has 126 valence electrons. The lowest BCUT2D eigenvalue weighted by Gasteiger charge is -2.27. The zero-order chi connectivity index (χ0) is 17.3. The number of benzene rings is 1. The fourth-order valence-corrected chi connectivity index (χ4v) is 4.19. The van der Waals surface area contributed by atoms with Crippen LogP contribution in [-0.4, -0.2) is 40.0 Å². The van der Waals surface area contributed by atoms with Crippen LogP contribution in [-0.2, 0) is 11.2 Å². The molecule has 2 aromatic rings. The van der Waals surface area contributed by atoms with Gasteiger partial charge in [0.1, 0.15) is 18.5 Å². The Hall–Kier alpha value is -1.54. The number of carbonyl (C=O) groups is 2. The summed E-state index contributed by atoms with van der Waals surface area (Å²) in [5.41, 5.74) is 1.85. The molecule has 7 heteroatoms. The lowest BCUT2D eigenvalue weighted by molar-refractivity contribution is -0.154. The molecular weight excluding hydrogens is 392 g/mol. The summed E-state index contributed by atoms with van der Waals surface area (Å²) in [5, 5.41) is 13.3. The van der Waals surface area contributed by atoms with Gasteiger partial charge in [-0.3, -0.25) is 4.79 Å². The number of halogens is 1. The van der Waals surface area contributed by atoms with Gasteiger partial charge in [-0.05, 0) is 41.1 Å². The molecule has 2 heterocycles. The summed E-state index contributed by atoms with van der Waals surface area (Å²) in [5.74, 6) is -0.173. The second kappa shape index (κ2) is 7.14. The first-order valence-corrected chi connectivity index (χ1v) is 9.28.